The van der Waals surface area contributed by atoms with Crippen molar-refractivity contribution in [1.82, 2.24) is 5.32 Å². The summed E-state index contributed by atoms with van der Waals surface area (Å²) in [5.41, 5.74) is 2.77. The molecule has 2 heteroatoms. The van der Waals surface area contributed by atoms with E-state index in [1.807, 2.05) is 11.8 Å². The van der Waals surface area contributed by atoms with Crippen molar-refractivity contribution in [2.45, 2.75) is 26.3 Å². The third-order valence-electron chi connectivity index (χ3n) is 2.51. The Labute approximate surface area is 97.7 Å². The number of hydrogen-bond acceptors (Lipinski definition) is 2. The van der Waals surface area contributed by atoms with Crippen molar-refractivity contribution in [2.75, 3.05) is 18.6 Å². The molecule has 1 atom stereocenters. The van der Waals surface area contributed by atoms with Gasteiger partial charge in [0.25, 0.3) is 0 Å². The summed E-state index contributed by atoms with van der Waals surface area (Å²) in [4.78, 5) is 0. The third kappa shape index (κ3) is 4.27. The van der Waals surface area contributed by atoms with Gasteiger partial charge in [-0.2, -0.15) is 11.8 Å². The minimum atomic E-state index is 0.516. The average Bonchev–Trinajstić information content (AvgIpc) is 2.24. The SMILES string of the molecule is CCNC(CCSC)c1cccc(C)c1. The van der Waals surface area contributed by atoms with Crippen molar-refractivity contribution in [3.8, 4) is 0 Å². The summed E-state index contributed by atoms with van der Waals surface area (Å²) in [5.74, 6) is 1.21. The topological polar surface area (TPSA) is 12.0 Å². The second kappa shape index (κ2) is 6.91. The first-order valence-corrected chi connectivity index (χ1v) is 6.96. The first-order chi connectivity index (χ1) is 7.27. The number of nitrogens with one attached hydrogen (secondary N) is 1. The smallest absolute Gasteiger partial charge is 0.0328 e. The van der Waals surface area contributed by atoms with Crippen LogP contribution in [0.1, 0.15) is 30.5 Å². The van der Waals surface area contributed by atoms with Crippen LogP contribution < -0.4 is 5.32 Å². The maximum atomic E-state index is 3.55. The fourth-order valence-electron chi connectivity index (χ4n) is 1.76. The largest absolute Gasteiger partial charge is 0.310 e. The van der Waals surface area contributed by atoms with Crippen molar-refractivity contribution in [3.63, 3.8) is 0 Å². The molecular weight excluding hydrogens is 202 g/mol. The Kier molecular flexibility index (Phi) is 5.81. The van der Waals surface area contributed by atoms with Crippen molar-refractivity contribution in [1.29, 1.82) is 0 Å². The molecule has 0 aliphatic heterocycles. The predicted molar refractivity (Wildman–Crippen MR) is 70.6 cm³/mol. The number of thioether (sulfide) groups is 1. The Morgan fingerprint density at radius 2 is 2.20 bits per heavy atom. The molecule has 1 aromatic rings. The minimum absolute atomic E-state index is 0.516. The monoisotopic (exact) mass is 223 g/mol. The van der Waals surface area contributed by atoms with Crippen molar-refractivity contribution in [3.05, 3.63) is 35.4 Å². The third-order valence-corrected chi connectivity index (χ3v) is 3.15. The van der Waals surface area contributed by atoms with Crippen LogP contribution in [0.2, 0.25) is 0 Å². The van der Waals surface area contributed by atoms with Crippen LogP contribution in [-0.2, 0) is 0 Å². The molecule has 0 amide bonds. The maximum Gasteiger partial charge on any atom is 0.0328 e. The fraction of sp³-hybridized carbons (Fsp3) is 0.538. The van der Waals surface area contributed by atoms with Crippen LogP contribution in [0.25, 0.3) is 0 Å². The Balaban J connectivity index is 2.69. The molecule has 0 heterocycles. The van der Waals surface area contributed by atoms with Crippen molar-refractivity contribution < 1.29 is 0 Å². The van der Waals surface area contributed by atoms with E-state index in [1.165, 1.54) is 23.3 Å². The Hall–Kier alpha value is -0.470. The van der Waals surface area contributed by atoms with E-state index in [0.717, 1.165) is 6.54 Å². The lowest BCUT2D eigenvalue weighted by Crippen LogP contribution is -2.21. The maximum absolute atomic E-state index is 3.55. The van der Waals surface area contributed by atoms with Crippen LogP contribution in [0, 0.1) is 6.92 Å². The summed E-state index contributed by atoms with van der Waals surface area (Å²) in [7, 11) is 0. The summed E-state index contributed by atoms with van der Waals surface area (Å²) in [6.07, 6.45) is 3.37. The summed E-state index contributed by atoms with van der Waals surface area (Å²) in [6, 6.07) is 9.33. The van der Waals surface area contributed by atoms with Crippen LogP contribution in [-0.4, -0.2) is 18.6 Å². The zero-order valence-electron chi connectivity index (χ0n) is 9.92. The molecule has 1 aromatic carbocycles. The lowest BCUT2D eigenvalue weighted by Gasteiger charge is -2.18. The molecule has 1 nitrogen and oxygen atoms in total. The molecule has 0 aliphatic rings. The molecule has 15 heavy (non-hydrogen) atoms. The van der Waals surface area contributed by atoms with E-state index in [4.69, 9.17) is 0 Å². The number of rotatable bonds is 6. The highest BCUT2D eigenvalue weighted by molar-refractivity contribution is 7.98. The zero-order valence-corrected chi connectivity index (χ0v) is 10.7. The summed E-state index contributed by atoms with van der Waals surface area (Å²) < 4.78 is 0. The molecule has 1 N–H and O–H groups in total. The van der Waals surface area contributed by atoms with E-state index in [9.17, 15) is 0 Å². The number of benzene rings is 1. The second-order valence-corrected chi connectivity index (χ2v) is 4.79. The summed E-state index contributed by atoms with van der Waals surface area (Å²) >= 11 is 1.91. The second-order valence-electron chi connectivity index (χ2n) is 3.81. The minimum Gasteiger partial charge on any atom is -0.310 e. The highest BCUT2D eigenvalue weighted by Crippen LogP contribution is 2.19. The van der Waals surface area contributed by atoms with Gasteiger partial charge in [0.05, 0.1) is 0 Å². The first-order valence-electron chi connectivity index (χ1n) is 5.56. The summed E-state index contributed by atoms with van der Waals surface area (Å²) in [5, 5.41) is 3.55. The molecule has 0 radical (unpaired) electrons. The van der Waals surface area contributed by atoms with Gasteiger partial charge in [-0.1, -0.05) is 36.8 Å². The van der Waals surface area contributed by atoms with Crippen molar-refractivity contribution >= 4 is 11.8 Å². The zero-order chi connectivity index (χ0) is 11.1. The summed E-state index contributed by atoms with van der Waals surface area (Å²) in [6.45, 7) is 5.36. The van der Waals surface area contributed by atoms with Gasteiger partial charge in [-0.3, -0.25) is 0 Å². The fourth-order valence-corrected chi connectivity index (χ4v) is 2.23. The van der Waals surface area contributed by atoms with Gasteiger partial charge in [0, 0.05) is 6.04 Å². The Morgan fingerprint density at radius 3 is 2.80 bits per heavy atom. The van der Waals surface area contributed by atoms with Gasteiger partial charge in [-0.15, -0.1) is 0 Å². The van der Waals surface area contributed by atoms with Gasteiger partial charge in [0.15, 0.2) is 0 Å². The normalized spacial score (nSPS) is 12.7. The standard InChI is InChI=1S/C13H21NS/c1-4-14-13(8-9-15-3)12-7-5-6-11(2)10-12/h5-7,10,13-14H,4,8-9H2,1-3H3. The molecule has 0 aromatic heterocycles. The average molecular weight is 223 g/mol. The molecule has 1 unspecified atom stereocenters. The van der Waals surface area contributed by atoms with Crippen LogP contribution in [0.15, 0.2) is 24.3 Å². The van der Waals surface area contributed by atoms with E-state index in [2.05, 4.69) is 49.7 Å². The number of hydrogen-bond donors (Lipinski definition) is 1. The van der Waals surface area contributed by atoms with E-state index in [0.29, 0.717) is 6.04 Å². The van der Waals surface area contributed by atoms with Gasteiger partial charge in [0.2, 0.25) is 0 Å². The molecular formula is C13H21NS. The lowest BCUT2D eigenvalue weighted by molar-refractivity contribution is 0.541. The molecule has 84 valence electrons. The van der Waals surface area contributed by atoms with E-state index in [1.54, 1.807) is 0 Å². The lowest BCUT2D eigenvalue weighted by atomic mass is 10.0. The molecule has 0 saturated carbocycles. The molecule has 0 spiro atoms. The van der Waals surface area contributed by atoms with Gasteiger partial charge in [0.1, 0.15) is 0 Å². The van der Waals surface area contributed by atoms with E-state index < -0.39 is 0 Å². The van der Waals surface area contributed by atoms with Crippen LogP contribution >= 0.6 is 11.8 Å². The van der Waals surface area contributed by atoms with Crippen LogP contribution in [0.4, 0.5) is 0 Å². The molecule has 0 bridgehead atoms. The highest BCUT2D eigenvalue weighted by atomic mass is 32.2. The quantitative estimate of drug-likeness (QED) is 0.793. The van der Waals surface area contributed by atoms with Gasteiger partial charge >= 0.3 is 0 Å². The van der Waals surface area contributed by atoms with E-state index in [-0.39, 0.29) is 0 Å². The number of aryl methyl sites for hydroxylation is 1. The molecule has 0 saturated heterocycles. The predicted octanol–water partition coefficient (Wildman–Crippen LogP) is 3.40. The van der Waals surface area contributed by atoms with Gasteiger partial charge in [-0.05, 0) is 37.5 Å². The molecule has 1 rings (SSSR count). The van der Waals surface area contributed by atoms with Gasteiger partial charge in [-0.25, -0.2) is 0 Å². The van der Waals surface area contributed by atoms with Crippen molar-refractivity contribution in [2.24, 2.45) is 0 Å². The highest BCUT2D eigenvalue weighted by Gasteiger charge is 2.09. The van der Waals surface area contributed by atoms with Crippen LogP contribution in [0.5, 0.6) is 0 Å². The Bertz CT molecular complexity index is 286. The van der Waals surface area contributed by atoms with Crippen LogP contribution in [0.3, 0.4) is 0 Å². The Morgan fingerprint density at radius 1 is 1.40 bits per heavy atom. The first kappa shape index (κ1) is 12.6. The van der Waals surface area contributed by atoms with E-state index >= 15 is 0 Å². The molecule has 0 fully saturated rings. The van der Waals surface area contributed by atoms with Gasteiger partial charge < -0.3 is 5.32 Å². The molecule has 0 aliphatic carbocycles.